The van der Waals surface area contributed by atoms with Crippen molar-refractivity contribution in [3.63, 3.8) is 0 Å². The SMILES string of the molecule is COC(=O)c1ccccc1NC(=O)CSC. The molecule has 0 radical (unpaired) electrons. The molecule has 1 N–H and O–H groups in total. The number of esters is 1. The fourth-order valence-electron chi connectivity index (χ4n) is 1.20. The second kappa shape index (κ2) is 6.17. The molecule has 0 atom stereocenters. The summed E-state index contributed by atoms with van der Waals surface area (Å²) in [4.78, 5) is 22.8. The third-order valence-electron chi connectivity index (χ3n) is 1.88. The number of amides is 1. The van der Waals surface area contributed by atoms with Gasteiger partial charge in [0.2, 0.25) is 5.91 Å². The van der Waals surface area contributed by atoms with Crippen LogP contribution >= 0.6 is 11.8 Å². The van der Waals surface area contributed by atoms with Crippen LogP contribution in [0.2, 0.25) is 0 Å². The molecule has 0 unspecified atom stereocenters. The van der Waals surface area contributed by atoms with Crippen LogP contribution in [0.1, 0.15) is 10.4 Å². The summed E-state index contributed by atoms with van der Waals surface area (Å²) < 4.78 is 4.62. The van der Waals surface area contributed by atoms with Gasteiger partial charge < -0.3 is 10.1 Å². The molecular formula is C11H13NO3S. The first kappa shape index (κ1) is 12.6. The lowest BCUT2D eigenvalue weighted by Gasteiger charge is -2.08. The minimum Gasteiger partial charge on any atom is -0.465 e. The Hall–Kier alpha value is -1.49. The zero-order chi connectivity index (χ0) is 12.0. The summed E-state index contributed by atoms with van der Waals surface area (Å²) in [6.45, 7) is 0. The summed E-state index contributed by atoms with van der Waals surface area (Å²) >= 11 is 1.42. The standard InChI is InChI=1S/C11H13NO3S/c1-15-11(14)8-5-3-4-6-9(8)12-10(13)7-16-2/h3-6H,7H2,1-2H3,(H,12,13). The largest absolute Gasteiger partial charge is 0.465 e. The predicted octanol–water partition coefficient (Wildman–Crippen LogP) is 1.77. The second-order valence-corrected chi connectivity index (χ2v) is 3.88. The fourth-order valence-corrected chi connectivity index (χ4v) is 1.53. The highest BCUT2D eigenvalue weighted by atomic mass is 32.2. The van der Waals surface area contributed by atoms with E-state index in [4.69, 9.17) is 0 Å². The van der Waals surface area contributed by atoms with Gasteiger partial charge in [-0.3, -0.25) is 4.79 Å². The molecule has 0 saturated heterocycles. The summed E-state index contributed by atoms with van der Waals surface area (Å²) in [5.41, 5.74) is 0.841. The van der Waals surface area contributed by atoms with E-state index < -0.39 is 5.97 Å². The lowest BCUT2D eigenvalue weighted by molar-refractivity contribution is -0.113. The molecule has 0 aliphatic heterocycles. The molecule has 1 amide bonds. The molecule has 0 aliphatic rings. The van der Waals surface area contributed by atoms with E-state index in [1.807, 2.05) is 6.26 Å². The van der Waals surface area contributed by atoms with Crippen LogP contribution in [0.25, 0.3) is 0 Å². The number of thioether (sulfide) groups is 1. The summed E-state index contributed by atoms with van der Waals surface area (Å²) in [7, 11) is 1.31. The smallest absolute Gasteiger partial charge is 0.339 e. The number of anilines is 1. The van der Waals surface area contributed by atoms with E-state index in [0.29, 0.717) is 17.0 Å². The van der Waals surface area contributed by atoms with Gasteiger partial charge in [-0.1, -0.05) is 12.1 Å². The maximum absolute atomic E-state index is 11.4. The number of rotatable bonds is 4. The van der Waals surface area contributed by atoms with Crippen molar-refractivity contribution in [2.75, 3.05) is 24.4 Å². The fraction of sp³-hybridized carbons (Fsp3) is 0.273. The molecule has 0 heterocycles. The average molecular weight is 239 g/mol. The van der Waals surface area contributed by atoms with Gasteiger partial charge in [0.1, 0.15) is 0 Å². The molecule has 0 saturated carbocycles. The molecule has 0 aromatic heterocycles. The van der Waals surface area contributed by atoms with E-state index >= 15 is 0 Å². The van der Waals surface area contributed by atoms with Crippen molar-refractivity contribution in [1.29, 1.82) is 0 Å². The van der Waals surface area contributed by atoms with Crippen LogP contribution in [0.3, 0.4) is 0 Å². The average Bonchev–Trinajstić information content (AvgIpc) is 2.29. The quantitative estimate of drug-likeness (QED) is 0.814. The van der Waals surface area contributed by atoms with Crippen molar-refractivity contribution in [2.24, 2.45) is 0 Å². The summed E-state index contributed by atoms with van der Waals surface area (Å²) in [6.07, 6.45) is 1.84. The molecule has 0 aliphatic carbocycles. The normalized spacial score (nSPS) is 9.62. The van der Waals surface area contributed by atoms with Crippen molar-refractivity contribution < 1.29 is 14.3 Å². The minimum atomic E-state index is -0.458. The topological polar surface area (TPSA) is 55.4 Å². The number of hydrogen-bond acceptors (Lipinski definition) is 4. The summed E-state index contributed by atoms with van der Waals surface area (Å²) in [5, 5.41) is 2.67. The number of ether oxygens (including phenoxy) is 1. The predicted molar refractivity (Wildman–Crippen MR) is 64.8 cm³/mol. The molecule has 4 nitrogen and oxygen atoms in total. The van der Waals surface area contributed by atoms with Crippen LogP contribution < -0.4 is 5.32 Å². The first-order valence-corrected chi connectivity index (χ1v) is 6.04. The van der Waals surface area contributed by atoms with Crippen LogP contribution in [0.15, 0.2) is 24.3 Å². The molecule has 5 heteroatoms. The molecule has 1 aromatic carbocycles. The van der Waals surface area contributed by atoms with Gasteiger partial charge in [0.15, 0.2) is 0 Å². The van der Waals surface area contributed by atoms with Gasteiger partial charge >= 0.3 is 5.97 Å². The van der Waals surface area contributed by atoms with Crippen molar-refractivity contribution in [3.05, 3.63) is 29.8 Å². The van der Waals surface area contributed by atoms with E-state index in [1.54, 1.807) is 24.3 Å². The summed E-state index contributed by atoms with van der Waals surface area (Å²) in [6, 6.07) is 6.75. The van der Waals surface area contributed by atoms with Gasteiger partial charge in [-0.2, -0.15) is 11.8 Å². The Morgan fingerprint density at radius 3 is 2.69 bits per heavy atom. The van der Waals surface area contributed by atoms with E-state index in [-0.39, 0.29) is 5.91 Å². The van der Waals surface area contributed by atoms with Gasteiger partial charge in [0.05, 0.1) is 24.1 Å². The van der Waals surface area contributed by atoms with Crippen LogP contribution in [0, 0.1) is 0 Å². The van der Waals surface area contributed by atoms with E-state index in [1.165, 1.54) is 18.9 Å². The second-order valence-electron chi connectivity index (χ2n) is 3.02. The number of nitrogens with one attached hydrogen (secondary N) is 1. The highest BCUT2D eigenvalue weighted by Gasteiger charge is 2.12. The Morgan fingerprint density at radius 1 is 1.38 bits per heavy atom. The van der Waals surface area contributed by atoms with Crippen LogP contribution in [0.4, 0.5) is 5.69 Å². The van der Waals surface area contributed by atoms with E-state index in [2.05, 4.69) is 10.1 Å². The molecule has 0 spiro atoms. The van der Waals surface area contributed by atoms with Gasteiger partial charge in [-0.25, -0.2) is 4.79 Å². The molecular weight excluding hydrogens is 226 g/mol. The molecule has 16 heavy (non-hydrogen) atoms. The number of benzene rings is 1. The third kappa shape index (κ3) is 3.27. The first-order chi connectivity index (χ1) is 7.69. The van der Waals surface area contributed by atoms with Gasteiger partial charge in [-0.05, 0) is 18.4 Å². The lowest BCUT2D eigenvalue weighted by Crippen LogP contribution is -2.16. The Balaban J connectivity index is 2.87. The Labute approximate surface area is 98.4 Å². The van der Waals surface area contributed by atoms with Crippen molar-refractivity contribution in [1.82, 2.24) is 0 Å². The van der Waals surface area contributed by atoms with Crippen LogP contribution in [0.5, 0.6) is 0 Å². The number of carbonyl (C=O) groups is 2. The number of carbonyl (C=O) groups excluding carboxylic acids is 2. The maximum atomic E-state index is 11.4. The Morgan fingerprint density at radius 2 is 2.06 bits per heavy atom. The highest BCUT2D eigenvalue weighted by molar-refractivity contribution is 7.99. The molecule has 1 rings (SSSR count). The maximum Gasteiger partial charge on any atom is 0.339 e. The molecule has 0 bridgehead atoms. The van der Waals surface area contributed by atoms with Crippen LogP contribution in [-0.4, -0.2) is 31.0 Å². The lowest BCUT2D eigenvalue weighted by atomic mass is 10.2. The highest BCUT2D eigenvalue weighted by Crippen LogP contribution is 2.16. The Kier molecular flexibility index (Phi) is 4.85. The summed E-state index contributed by atoms with van der Waals surface area (Å²) in [5.74, 6) is -0.237. The first-order valence-electron chi connectivity index (χ1n) is 4.65. The van der Waals surface area contributed by atoms with E-state index in [0.717, 1.165) is 0 Å². The van der Waals surface area contributed by atoms with Crippen molar-refractivity contribution in [3.8, 4) is 0 Å². The monoisotopic (exact) mass is 239 g/mol. The minimum absolute atomic E-state index is 0.135. The number of hydrogen-bond donors (Lipinski definition) is 1. The van der Waals surface area contributed by atoms with E-state index in [9.17, 15) is 9.59 Å². The van der Waals surface area contributed by atoms with Gasteiger partial charge in [-0.15, -0.1) is 0 Å². The molecule has 1 aromatic rings. The number of methoxy groups -OCH3 is 1. The zero-order valence-electron chi connectivity index (χ0n) is 9.15. The van der Waals surface area contributed by atoms with Gasteiger partial charge in [0.25, 0.3) is 0 Å². The molecule has 86 valence electrons. The van der Waals surface area contributed by atoms with Crippen molar-refractivity contribution >= 4 is 29.3 Å². The third-order valence-corrected chi connectivity index (χ3v) is 2.43. The zero-order valence-corrected chi connectivity index (χ0v) is 9.97. The van der Waals surface area contributed by atoms with Gasteiger partial charge in [0, 0.05) is 0 Å². The number of para-hydroxylation sites is 1. The van der Waals surface area contributed by atoms with Crippen molar-refractivity contribution in [2.45, 2.75) is 0 Å². The Bertz CT molecular complexity index is 393. The van der Waals surface area contributed by atoms with Crippen LogP contribution in [-0.2, 0) is 9.53 Å². The molecule has 0 fully saturated rings.